The van der Waals surface area contributed by atoms with Crippen molar-refractivity contribution in [1.29, 1.82) is 0 Å². The molecular formula is C29H37NO4. The first kappa shape index (κ1) is 24.6. The van der Waals surface area contributed by atoms with Crippen LogP contribution in [0.3, 0.4) is 0 Å². The fraction of sp³-hybridized carbons (Fsp3) is 0.483. The minimum atomic E-state index is -0.767. The normalized spacial score (nSPS) is 23.5. The molecule has 2 aliphatic rings. The molecule has 1 saturated heterocycles. The van der Waals surface area contributed by atoms with E-state index in [1.165, 1.54) is 36.0 Å². The lowest BCUT2D eigenvalue weighted by atomic mass is 10.0. The molecule has 2 aromatic rings. The van der Waals surface area contributed by atoms with E-state index in [0.717, 1.165) is 25.9 Å². The SMILES string of the molecule is O=C(O)CC/C=C/COC1C(OCc2ccc(-c3ccccc3)cc2)CCC1N1CCCCC1. The summed E-state index contributed by atoms with van der Waals surface area (Å²) in [6.07, 6.45) is 10.6. The molecule has 182 valence electrons. The van der Waals surface area contributed by atoms with E-state index in [9.17, 15) is 4.79 Å². The molecule has 0 bridgehead atoms. The number of carboxylic acid groups (broad SMARTS) is 1. The molecule has 4 rings (SSSR count). The third-order valence-corrected chi connectivity index (χ3v) is 6.95. The van der Waals surface area contributed by atoms with E-state index in [-0.39, 0.29) is 18.6 Å². The van der Waals surface area contributed by atoms with Crippen LogP contribution >= 0.6 is 0 Å². The number of carbonyl (C=O) groups is 1. The number of nitrogens with zero attached hydrogens (tertiary/aromatic N) is 1. The monoisotopic (exact) mass is 463 g/mol. The molecule has 5 nitrogen and oxygen atoms in total. The largest absolute Gasteiger partial charge is 0.481 e. The molecule has 3 unspecified atom stereocenters. The number of ether oxygens (including phenoxy) is 2. The van der Waals surface area contributed by atoms with Gasteiger partial charge < -0.3 is 14.6 Å². The minimum Gasteiger partial charge on any atom is -0.481 e. The minimum absolute atomic E-state index is 0.0471. The van der Waals surface area contributed by atoms with E-state index < -0.39 is 5.97 Å². The van der Waals surface area contributed by atoms with Gasteiger partial charge in [0.05, 0.1) is 25.4 Å². The summed E-state index contributed by atoms with van der Waals surface area (Å²) in [5, 5.41) is 8.80. The lowest BCUT2D eigenvalue weighted by molar-refractivity contribution is -0.136. The zero-order chi connectivity index (χ0) is 23.6. The van der Waals surface area contributed by atoms with Crippen LogP contribution in [0.25, 0.3) is 11.1 Å². The molecule has 0 radical (unpaired) electrons. The highest BCUT2D eigenvalue weighted by Gasteiger charge is 2.41. The first-order valence-corrected chi connectivity index (χ1v) is 12.7. The van der Waals surface area contributed by atoms with Crippen LogP contribution < -0.4 is 0 Å². The van der Waals surface area contributed by atoms with Crippen LogP contribution in [0.15, 0.2) is 66.7 Å². The Morgan fingerprint density at radius 1 is 0.912 bits per heavy atom. The van der Waals surface area contributed by atoms with Gasteiger partial charge in [0.1, 0.15) is 0 Å². The van der Waals surface area contributed by atoms with E-state index in [2.05, 4.69) is 53.4 Å². The van der Waals surface area contributed by atoms with Gasteiger partial charge >= 0.3 is 5.97 Å². The van der Waals surface area contributed by atoms with Crippen LogP contribution in [-0.4, -0.2) is 53.9 Å². The van der Waals surface area contributed by atoms with Gasteiger partial charge in [-0.2, -0.15) is 0 Å². The summed E-state index contributed by atoms with van der Waals surface area (Å²) in [4.78, 5) is 13.3. The highest BCUT2D eigenvalue weighted by atomic mass is 16.5. The van der Waals surface area contributed by atoms with Crippen molar-refractivity contribution in [2.75, 3.05) is 19.7 Å². The lowest BCUT2D eigenvalue weighted by Gasteiger charge is -2.36. The first-order chi connectivity index (χ1) is 16.7. The quantitative estimate of drug-likeness (QED) is 0.434. The molecule has 1 aliphatic heterocycles. The molecular weight excluding hydrogens is 426 g/mol. The van der Waals surface area contributed by atoms with Crippen molar-refractivity contribution in [3.63, 3.8) is 0 Å². The van der Waals surface area contributed by atoms with Gasteiger partial charge in [-0.3, -0.25) is 9.69 Å². The molecule has 1 saturated carbocycles. The van der Waals surface area contributed by atoms with Crippen molar-refractivity contribution in [3.05, 3.63) is 72.3 Å². The number of carboxylic acids is 1. The zero-order valence-electron chi connectivity index (χ0n) is 20.0. The molecule has 2 aromatic carbocycles. The molecule has 34 heavy (non-hydrogen) atoms. The van der Waals surface area contributed by atoms with Gasteiger partial charge in [-0.1, -0.05) is 73.2 Å². The second-order valence-corrected chi connectivity index (χ2v) is 9.36. The number of aliphatic carboxylic acids is 1. The fourth-order valence-corrected chi connectivity index (χ4v) is 5.13. The highest BCUT2D eigenvalue weighted by molar-refractivity contribution is 5.66. The van der Waals surface area contributed by atoms with Crippen molar-refractivity contribution in [2.24, 2.45) is 0 Å². The van der Waals surface area contributed by atoms with Gasteiger partial charge in [-0.25, -0.2) is 0 Å². The number of benzene rings is 2. The number of piperidine rings is 1. The van der Waals surface area contributed by atoms with Crippen LogP contribution in [0.2, 0.25) is 0 Å². The van der Waals surface area contributed by atoms with Crippen molar-refractivity contribution in [1.82, 2.24) is 4.90 Å². The topological polar surface area (TPSA) is 59.0 Å². The summed E-state index contributed by atoms with van der Waals surface area (Å²) in [6.45, 7) is 3.38. The maximum atomic E-state index is 10.7. The van der Waals surface area contributed by atoms with E-state index in [0.29, 0.717) is 25.7 Å². The van der Waals surface area contributed by atoms with E-state index in [1.807, 2.05) is 18.2 Å². The zero-order valence-corrected chi connectivity index (χ0v) is 20.0. The summed E-state index contributed by atoms with van der Waals surface area (Å²) in [6, 6.07) is 19.4. The lowest BCUT2D eigenvalue weighted by Crippen LogP contribution is -2.47. The number of hydrogen-bond donors (Lipinski definition) is 1. The Balaban J connectivity index is 1.34. The third kappa shape index (κ3) is 7.02. The van der Waals surface area contributed by atoms with Gasteiger partial charge in [0.25, 0.3) is 0 Å². The highest BCUT2D eigenvalue weighted by Crippen LogP contribution is 2.32. The molecule has 1 N–H and O–H groups in total. The standard InChI is InChI=1S/C29H37NO4/c31-28(32)12-6-2-9-21-33-29-26(30-19-7-3-8-20-30)17-18-27(29)34-22-23-13-15-25(16-14-23)24-10-4-1-5-11-24/h1-2,4-5,9-11,13-16,26-27,29H,3,6-8,12,17-22H2,(H,31,32)/b9-2+. The Labute approximate surface area is 203 Å². The Kier molecular flexibility index (Phi) is 9.31. The van der Waals surface area contributed by atoms with Gasteiger partial charge in [0, 0.05) is 12.5 Å². The Bertz CT molecular complexity index is 905. The molecule has 0 aromatic heterocycles. The summed E-state index contributed by atoms with van der Waals surface area (Å²) < 4.78 is 12.8. The van der Waals surface area contributed by atoms with E-state index in [4.69, 9.17) is 14.6 Å². The summed E-state index contributed by atoms with van der Waals surface area (Å²) in [5.74, 6) is -0.767. The molecule has 0 amide bonds. The Morgan fingerprint density at radius 3 is 2.38 bits per heavy atom. The second kappa shape index (κ2) is 12.8. The predicted molar refractivity (Wildman–Crippen MR) is 135 cm³/mol. The van der Waals surface area contributed by atoms with Crippen LogP contribution in [0, 0.1) is 0 Å². The van der Waals surface area contributed by atoms with Gasteiger partial charge in [-0.15, -0.1) is 0 Å². The van der Waals surface area contributed by atoms with Gasteiger partial charge in [-0.05, 0) is 61.9 Å². The Morgan fingerprint density at radius 2 is 1.65 bits per heavy atom. The number of hydrogen-bond acceptors (Lipinski definition) is 4. The van der Waals surface area contributed by atoms with Crippen molar-refractivity contribution in [3.8, 4) is 11.1 Å². The summed E-state index contributed by atoms with van der Waals surface area (Å²) >= 11 is 0. The van der Waals surface area contributed by atoms with Gasteiger partial charge in [0.15, 0.2) is 0 Å². The fourth-order valence-electron chi connectivity index (χ4n) is 5.13. The first-order valence-electron chi connectivity index (χ1n) is 12.7. The summed E-state index contributed by atoms with van der Waals surface area (Å²) in [7, 11) is 0. The van der Waals surface area contributed by atoms with Gasteiger partial charge in [0.2, 0.25) is 0 Å². The number of likely N-dealkylation sites (tertiary alicyclic amines) is 1. The van der Waals surface area contributed by atoms with Crippen LogP contribution in [-0.2, 0) is 20.9 Å². The van der Waals surface area contributed by atoms with E-state index >= 15 is 0 Å². The third-order valence-electron chi connectivity index (χ3n) is 6.95. The molecule has 5 heteroatoms. The Hall–Kier alpha value is -2.47. The molecule has 2 fully saturated rings. The maximum absolute atomic E-state index is 10.7. The molecule has 1 aliphatic carbocycles. The average Bonchev–Trinajstić information content (AvgIpc) is 3.28. The van der Waals surface area contributed by atoms with Crippen molar-refractivity contribution < 1.29 is 19.4 Å². The maximum Gasteiger partial charge on any atom is 0.303 e. The average molecular weight is 464 g/mol. The number of allylic oxidation sites excluding steroid dienone is 1. The molecule has 3 atom stereocenters. The van der Waals surface area contributed by atoms with E-state index in [1.54, 1.807) is 0 Å². The van der Waals surface area contributed by atoms with Crippen LogP contribution in [0.1, 0.15) is 50.5 Å². The smallest absolute Gasteiger partial charge is 0.303 e. The van der Waals surface area contributed by atoms with Crippen molar-refractivity contribution in [2.45, 2.75) is 69.8 Å². The number of rotatable bonds is 11. The van der Waals surface area contributed by atoms with Crippen LogP contribution in [0.4, 0.5) is 0 Å². The van der Waals surface area contributed by atoms with Crippen molar-refractivity contribution >= 4 is 5.97 Å². The molecule has 1 heterocycles. The second-order valence-electron chi connectivity index (χ2n) is 9.36. The predicted octanol–water partition coefficient (Wildman–Crippen LogP) is 5.69. The van der Waals surface area contributed by atoms with Crippen LogP contribution in [0.5, 0.6) is 0 Å². The summed E-state index contributed by atoms with van der Waals surface area (Å²) in [5.41, 5.74) is 3.61. The molecule has 0 spiro atoms.